The zero-order valence-electron chi connectivity index (χ0n) is 13.9. The molecule has 2 aromatic rings. The van der Waals surface area contributed by atoms with Crippen molar-refractivity contribution in [2.24, 2.45) is 5.41 Å². The molecule has 1 N–H and O–H groups in total. The molecule has 0 radical (unpaired) electrons. The number of carbonyl (C=O) groups is 1. The van der Waals surface area contributed by atoms with Gasteiger partial charge in [0.25, 0.3) is 0 Å². The Morgan fingerprint density at radius 1 is 1.25 bits per heavy atom. The summed E-state index contributed by atoms with van der Waals surface area (Å²) in [5.41, 5.74) is 1.68. The third-order valence-corrected chi connectivity index (χ3v) is 5.66. The third kappa shape index (κ3) is 2.79. The van der Waals surface area contributed by atoms with E-state index < -0.39 is 0 Å². The molecule has 0 bridgehead atoms. The Morgan fingerprint density at radius 2 is 2.08 bits per heavy atom. The minimum absolute atomic E-state index is 0.0619. The second kappa shape index (κ2) is 6.30. The van der Waals surface area contributed by atoms with Gasteiger partial charge >= 0.3 is 6.03 Å². The number of benzene rings is 1. The van der Waals surface area contributed by atoms with Crippen LogP contribution in [-0.2, 0) is 6.54 Å². The van der Waals surface area contributed by atoms with Gasteiger partial charge in [-0.3, -0.25) is 4.68 Å². The van der Waals surface area contributed by atoms with Crippen molar-refractivity contribution in [3.8, 4) is 0 Å². The molecule has 24 heavy (non-hydrogen) atoms. The van der Waals surface area contributed by atoms with Gasteiger partial charge in [0.15, 0.2) is 0 Å². The minimum Gasteiger partial charge on any atom is -0.336 e. The summed E-state index contributed by atoms with van der Waals surface area (Å²) in [5, 5.41) is 7.21. The molecular weight excluding hydrogens is 300 g/mol. The van der Waals surface area contributed by atoms with E-state index in [0.29, 0.717) is 24.4 Å². The average Bonchev–Trinajstić information content (AvgIpc) is 3.22. The molecule has 1 aliphatic heterocycles. The van der Waals surface area contributed by atoms with Crippen LogP contribution in [-0.4, -0.2) is 40.3 Å². The lowest BCUT2D eigenvalue weighted by Crippen LogP contribution is -2.42. The summed E-state index contributed by atoms with van der Waals surface area (Å²) in [5.74, 6) is 0.476. The molecule has 2 aliphatic rings. The van der Waals surface area contributed by atoms with Gasteiger partial charge in [0, 0.05) is 37.9 Å². The van der Waals surface area contributed by atoms with Crippen molar-refractivity contribution in [3.05, 3.63) is 54.4 Å². The highest BCUT2D eigenvalue weighted by Gasteiger charge is 2.51. The average molecular weight is 324 g/mol. The van der Waals surface area contributed by atoms with E-state index in [1.807, 2.05) is 21.8 Å². The van der Waals surface area contributed by atoms with Crippen LogP contribution in [0.25, 0.3) is 0 Å². The van der Waals surface area contributed by atoms with Crippen molar-refractivity contribution >= 4 is 6.03 Å². The van der Waals surface area contributed by atoms with E-state index in [-0.39, 0.29) is 6.03 Å². The number of nitrogens with zero attached hydrogens (tertiary/aromatic N) is 3. The predicted octanol–water partition coefficient (Wildman–Crippen LogP) is 2.86. The van der Waals surface area contributed by atoms with E-state index in [1.165, 1.54) is 24.8 Å². The Balaban J connectivity index is 1.39. The molecule has 4 rings (SSSR count). The van der Waals surface area contributed by atoms with Crippen LogP contribution in [0.5, 0.6) is 0 Å². The van der Waals surface area contributed by atoms with Crippen LogP contribution >= 0.6 is 0 Å². The zero-order chi connectivity index (χ0) is 16.4. The van der Waals surface area contributed by atoms with Gasteiger partial charge < -0.3 is 10.2 Å². The summed E-state index contributed by atoms with van der Waals surface area (Å²) in [6.45, 7) is 3.04. The maximum atomic E-state index is 12.6. The zero-order valence-corrected chi connectivity index (χ0v) is 13.9. The molecule has 1 aliphatic carbocycles. The summed E-state index contributed by atoms with van der Waals surface area (Å²) in [4.78, 5) is 14.6. The smallest absolute Gasteiger partial charge is 0.317 e. The first kappa shape index (κ1) is 15.2. The number of likely N-dealkylation sites (tertiary alicyclic amines) is 1. The largest absolute Gasteiger partial charge is 0.336 e. The fourth-order valence-corrected chi connectivity index (χ4v) is 4.23. The van der Waals surface area contributed by atoms with E-state index in [1.54, 1.807) is 6.20 Å². The van der Waals surface area contributed by atoms with Crippen molar-refractivity contribution in [3.63, 3.8) is 0 Å². The Morgan fingerprint density at radius 3 is 2.75 bits per heavy atom. The maximum absolute atomic E-state index is 12.6. The first-order chi connectivity index (χ1) is 11.8. The molecule has 1 saturated carbocycles. The van der Waals surface area contributed by atoms with E-state index in [9.17, 15) is 4.79 Å². The Kier molecular flexibility index (Phi) is 4.00. The Labute approximate surface area is 142 Å². The number of urea groups is 1. The van der Waals surface area contributed by atoms with Crippen LogP contribution in [0.2, 0.25) is 0 Å². The standard InChI is InChI=1S/C19H24N4O/c24-18(20-11-13-23-12-5-10-21-23)22-14-17(16-6-2-1-3-7-16)19(15-22)8-4-9-19/h1-3,5-7,10,12,17H,4,8-9,11,13-15H2,(H,20,24). The van der Waals surface area contributed by atoms with Gasteiger partial charge in [0.1, 0.15) is 0 Å². The normalized spacial score (nSPS) is 21.7. The first-order valence-corrected chi connectivity index (χ1v) is 8.82. The van der Waals surface area contributed by atoms with Gasteiger partial charge in [0.05, 0.1) is 6.54 Å². The van der Waals surface area contributed by atoms with Gasteiger partial charge in [-0.15, -0.1) is 0 Å². The van der Waals surface area contributed by atoms with Crippen molar-refractivity contribution < 1.29 is 4.79 Å². The van der Waals surface area contributed by atoms with Gasteiger partial charge in [-0.2, -0.15) is 5.10 Å². The van der Waals surface area contributed by atoms with Crippen LogP contribution < -0.4 is 5.32 Å². The van der Waals surface area contributed by atoms with Crippen molar-refractivity contribution in [2.75, 3.05) is 19.6 Å². The molecule has 1 aromatic heterocycles. The summed E-state index contributed by atoms with van der Waals surface area (Å²) >= 11 is 0. The highest BCUT2D eigenvalue weighted by Crippen LogP contribution is 2.55. The SMILES string of the molecule is O=C(NCCn1cccn1)N1CC(c2ccccc2)C2(CCC2)C1. The highest BCUT2D eigenvalue weighted by atomic mass is 16.2. The van der Waals surface area contributed by atoms with E-state index in [0.717, 1.165) is 13.1 Å². The maximum Gasteiger partial charge on any atom is 0.317 e. The monoisotopic (exact) mass is 324 g/mol. The molecule has 1 atom stereocenters. The molecule has 2 heterocycles. The lowest BCUT2D eigenvalue weighted by Gasteiger charge is -2.43. The Bertz CT molecular complexity index is 679. The van der Waals surface area contributed by atoms with E-state index >= 15 is 0 Å². The number of aromatic nitrogens is 2. The first-order valence-electron chi connectivity index (χ1n) is 8.82. The summed E-state index contributed by atoms with van der Waals surface area (Å²) in [7, 11) is 0. The van der Waals surface area contributed by atoms with Gasteiger partial charge in [-0.25, -0.2) is 4.79 Å². The van der Waals surface area contributed by atoms with E-state index in [4.69, 9.17) is 0 Å². The molecule has 1 saturated heterocycles. The van der Waals surface area contributed by atoms with Crippen molar-refractivity contribution in [1.29, 1.82) is 0 Å². The quantitative estimate of drug-likeness (QED) is 0.940. The Hall–Kier alpha value is -2.30. The number of rotatable bonds is 4. The third-order valence-electron chi connectivity index (χ3n) is 5.66. The van der Waals surface area contributed by atoms with Crippen molar-refractivity contribution in [2.45, 2.75) is 31.7 Å². The molecule has 1 spiro atoms. The van der Waals surface area contributed by atoms with Crippen molar-refractivity contribution in [1.82, 2.24) is 20.0 Å². The van der Waals surface area contributed by atoms with Crippen LogP contribution in [0.4, 0.5) is 4.79 Å². The molecular formula is C19H24N4O. The molecule has 126 valence electrons. The number of amides is 2. The fourth-order valence-electron chi connectivity index (χ4n) is 4.23. The molecule has 2 amide bonds. The topological polar surface area (TPSA) is 50.2 Å². The summed E-state index contributed by atoms with van der Waals surface area (Å²) in [6.07, 6.45) is 7.44. The lowest BCUT2D eigenvalue weighted by molar-refractivity contribution is 0.123. The number of hydrogen-bond acceptors (Lipinski definition) is 2. The highest BCUT2D eigenvalue weighted by molar-refractivity contribution is 5.74. The molecule has 1 unspecified atom stereocenters. The predicted molar refractivity (Wildman–Crippen MR) is 92.7 cm³/mol. The second-order valence-corrected chi connectivity index (χ2v) is 7.06. The van der Waals surface area contributed by atoms with Gasteiger partial charge in [-0.05, 0) is 29.9 Å². The molecule has 5 nitrogen and oxygen atoms in total. The number of carbonyl (C=O) groups excluding carboxylic acids is 1. The number of nitrogens with one attached hydrogen (secondary N) is 1. The van der Waals surface area contributed by atoms with Crippen LogP contribution in [0.1, 0.15) is 30.7 Å². The fraction of sp³-hybridized carbons (Fsp3) is 0.474. The van der Waals surface area contributed by atoms with Crippen LogP contribution in [0.15, 0.2) is 48.8 Å². The second-order valence-electron chi connectivity index (χ2n) is 7.06. The summed E-state index contributed by atoms with van der Waals surface area (Å²) < 4.78 is 1.84. The number of hydrogen-bond donors (Lipinski definition) is 1. The lowest BCUT2D eigenvalue weighted by atomic mass is 9.61. The molecule has 1 aromatic carbocycles. The molecule has 2 fully saturated rings. The summed E-state index contributed by atoms with van der Waals surface area (Å²) in [6, 6.07) is 12.7. The van der Waals surface area contributed by atoms with Gasteiger partial charge in [0.2, 0.25) is 0 Å². The van der Waals surface area contributed by atoms with E-state index in [2.05, 4.69) is 40.7 Å². The van der Waals surface area contributed by atoms with Crippen LogP contribution in [0, 0.1) is 5.41 Å². The molecule has 5 heteroatoms. The van der Waals surface area contributed by atoms with Gasteiger partial charge in [-0.1, -0.05) is 36.8 Å². The van der Waals surface area contributed by atoms with Crippen LogP contribution in [0.3, 0.4) is 0 Å². The minimum atomic E-state index is 0.0619.